The van der Waals surface area contributed by atoms with Gasteiger partial charge < -0.3 is 14.5 Å². The first-order valence-electron chi connectivity index (χ1n) is 10.5. The fourth-order valence-corrected chi connectivity index (χ4v) is 5.36. The van der Waals surface area contributed by atoms with E-state index in [4.69, 9.17) is 14.8 Å². The highest BCUT2D eigenvalue weighted by Crippen LogP contribution is 2.37. The van der Waals surface area contributed by atoms with Crippen LogP contribution >= 0.6 is 23.1 Å². The normalized spacial score (nSPS) is 19.8. The number of nitrogens with zero attached hydrogens (tertiary/aromatic N) is 1. The molecule has 0 saturated carbocycles. The lowest BCUT2D eigenvalue weighted by atomic mass is 9.58. The van der Waals surface area contributed by atoms with Crippen LogP contribution in [0.3, 0.4) is 0 Å². The third-order valence-corrected chi connectivity index (χ3v) is 8.93. The van der Waals surface area contributed by atoms with E-state index in [1.54, 1.807) is 6.92 Å². The summed E-state index contributed by atoms with van der Waals surface area (Å²) in [6, 6.07) is 6.11. The van der Waals surface area contributed by atoms with Gasteiger partial charge in [-0.15, -0.1) is 11.3 Å². The molecule has 2 N–H and O–H groups in total. The van der Waals surface area contributed by atoms with Crippen LogP contribution in [0.25, 0.3) is 10.2 Å². The van der Waals surface area contributed by atoms with Gasteiger partial charge in [-0.3, -0.25) is 10.2 Å². The summed E-state index contributed by atoms with van der Waals surface area (Å²) >= 11 is 2.71. The third-order valence-electron chi connectivity index (χ3n) is 6.49. The van der Waals surface area contributed by atoms with Crippen molar-refractivity contribution in [3.8, 4) is 0 Å². The second-order valence-electron chi connectivity index (χ2n) is 9.60. The zero-order valence-corrected chi connectivity index (χ0v) is 20.9. The van der Waals surface area contributed by atoms with Gasteiger partial charge in [0.15, 0.2) is 0 Å². The first-order valence-corrected chi connectivity index (χ1v) is 12.1. The minimum Gasteiger partial charge on any atom is -0.481 e. The molecule has 0 amide bonds. The molecule has 1 aliphatic heterocycles. The molecular weight excluding hydrogens is 431 g/mol. The van der Waals surface area contributed by atoms with Crippen LogP contribution in [0, 0.1) is 11.3 Å². The Bertz CT molecular complexity index is 1000. The summed E-state index contributed by atoms with van der Waals surface area (Å²) in [6.45, 7) is 14.2. The van der Waals surface area contributed by atoms with Gasteiger partial charge in [-0.25, -0.2) is 4.98 Å². The molecule has 0 bridgehead atoms. The maximum Gasteiger partial charge on any atom is 0.329 e. The van der Waals surface area contributed by atoms with Gasteiger partial charge >= 0.3 is 12.9 Å². The predicted molar refractivity (Wildman–Crippen MR) is 130 cm³/mol. The second-order valence-corrected chi connectivity index (χ2v) is 12.3. The number of ether oxygens (including phenoxy) is 1. The van der Waals surface area contributed by atoms with Gasteiger partial charge in [-0.2, -0.15) is 0 Å². The molecule has 0 aliphatic carbocycles. The lowest BCUT2D eigenvalue weighted by Crippen LogP contribution is -2.51. The lowest BCUT2D eigenvalue weighted by Gasteiger charge is -2.40. The summed E-state index contributed by atoms with van der Waals surface area (Å²) in [4.78, 5) is 16.0. The minimum absolute atomic E-state index is 0.0732. The maximum atomic E-state index is 11.4. The number of fused-ring (bicyclic) bond motifs is 1. The molecule has 1 atom stereocenters. The van der Waals surface area contributed by atoms with E-state index in [0.29, 0.717) is 16.7 Å². The molecule has 31 heavy (non-hydrogen) atoms. The van der Waals surface area contributed by atoms with Crippen molar-refractivity contribution in [2.24, 2.45) is 5.92 Å². The Balaban J connectivity index is 1.83. The number of carboxylic acid groups (broad SMARTS) is 1. The van der Waals surface area contributed by atoms with E-state index in [1.807, 2.05) is 26.0 Å². The van der Waals surface area contributed by atoms with Crippen LogP contribution in [-0.2, 0) is 14.2 Å². The van der Waals surface area contributed by atoms with Gasteiger partial charge in [-0.05, 0) is 65.5 Å². The fraction of sp³-hybridized carbons (Fsp3) is 0.591. The van der Waals surface area contributed by atoms with Crippen LogP contribution in [0.5, 0.6) is 0 Å². The summed E-state index contributed by atoms with van der Waals surface area (Å²) < 4.78 is 12.9. The molecule has 0 radical (unpaired) electrons. The van der Waals surface area contributed by atoms with Gasteiger partial charge in [0.05, 0.1) is 27.3 Å². The number of carbonyl (C=O) groups is 1. The minimum atomic E-state index is -0.863. The van der Waals surface area contributed by atoms with Crippen LogP contribution < -0.4 is 5.46 Å². The van der Waals surface area contributed by atoms with Crippen molar-refractivity contribution in [2.45, 2.75) is 70.7 Å². The molecule has 1 unspecified atom stereocenters. The molecule has 2 heterocycles. The van der Waals surface area contributed by atoms with Crippen LogP contribution in [0.15, 0.2) is 18.2 Å². The molecule has 1 saturated heterocycles. The third kappa shape index (κ3) is 5.00. The Morgan fingerprint density at radius 2 is 2.00 bits per heavy atom. The second kappa shape index (κ2) is 8.50. The molecule has 2 aromatic rings. The molecule has 6 nitrogen and oxygen atoms in total. The van der Waals surface area contributed by atoms with Gasteiger partial charge in [0.25, 0.3) is 0 Å². The highest BCUT2D eigenvalue weighted by atomic mass is 32.2. The number of rotatable bonds is 5. The fourth-order valence-electron chi connectivity index (χ4n) is 3.32. The average Bonchev–Trinajstić information content (AvgIpc) is 3.04. The number of thiazole rings is 1. The van der Waals surface area contributed by atoms with Gasteiger partial charge in [-0.1, -0.05) is 24.8 Å². The summed E-state index contributed by atoms with van der Waals surface area (Å²) in [5.74, 6) is -1.45. The van der Waals surface area contributed by atoms with Crippen LogP contribution in [-0.4, -0.2) is 50.6 Å². The van der Waals surface area contributed by atoms with Gasteiger partial charge in [0, 0.05) is 11.4 Å². The maximum absolute atomic E-state index is 11.4. The Kier molecular flexibility index (Phi) is 6.64. The van der Waals surface area contributed by atoms with Crippen molar-refractivity contribution in [1.29, 1.82) is 5.41 Å². The average molecular weight is 462 g/mol. The zero-order valence-electron chi connectivity index (χ0n) is 19.2. The van der Waals surface area contributed by atoms with Crippen molar-refractivity contribution in [2.75, 3.05) is 6.61 Å². The molecule has 1 aromatic heterocycles. The Morgan fingerprint density at radius 1 is 1.32 bits per heavy atom. The quantitative estimate of drug-likeness (QED) is 0.382. The van der Waals surface area contributed by atoms with Gasteiger partial charge in [0.2, 0.25) is 0 Å². The molecule has 9 heteroatoms. The number of aliphatic carboxylic acids is 1. The zero-order chi connectivity index (χ0) is 23.2. The number of aromatic nitrogens is 1. The van der Waals surface area contributed by atoms with Crippen LogP contribution in [0.4, 0.5) is 0 Å². The number of hydrogen-bond acceptors (Lipinski definition) is 7. The number of benzene rings is 1. The molecule has 3 rings (SSSR count). The monoisotopic (exact) mass is 462 g/mol. The van der Waals surface area contributed by atoms with E-state index >= 15 is 0 Å². The van der Waals surface area contributed by atoms with E-state index in [1.165, 1.54) is 23.1 Å². The Hall–Kier alpha value is -1.42. The molecule has 1 fully saturated rings. The first-order chi connectivity index (χ1) is 14.2. The summed E-state index contributed by atoms with van der Waals surface area (Å²) in [6.07, 6.45) is 0.775. The largest absolute Gasteiger partial charge is 0.481 e. The number of carboxylic acids is 1. The van der Waals surface area contributed by atoms with E-state index in [9.17, 15) is 9.90 Å². The predicted octanol–water partition coefficient (Wildman–Crippen LogP) is 4.66. The molecule has 1 aliphatic rings. The van der Waals surface area contributed by atoms with Crippen molar-refractivity contribution in [3.05, 3.63) is 23.2 Å². The molecular formula is C22H31BN2O4S2. The first kappa shape index (κ1) is 24.2. The standard InChI is InChI=1S/C22H31BN2O4S2/c1-13(19(26)27)20(2,3)31-17(24)18-25-15-9-8-14(12-16(15)30-18)23-10-11-28-21(4,5)22(6,7)29-23/h8-9,12-13,24H,10-11H2,1-7H3,(H,26,27). The number of thioether (sulfide) groups is 1. The molecule has 1 aromatic carbocycles. The van der Waals surface area contributed by atoms with E-state index in [2.05, 4.69) is 38.7 Å². The van der Waals surface area contributed by atoms with E-state index < -0.39 is 22.2 Å². The summed E-state index contributed by atoms with van der Waals surface area (Å²) in [7, 11) is 0. The Labute approximate surface area is 192 Å². The van der Waals surface area contributed by atoms with Crippen molar-refractivity contribution >= 4 is 56.7 Å². The van der Waals surface area contributed by atoms with Crippen LogP contribution in [0.1, 0.15) is 53.5 Å². The Morgan fingerprint density at radius 3 is 2.65 bits per heavy atom. The topological polar surface area (TPSA) is 92.5 Å². The highest BCUT2D eigenvalue weighted by Gasteiger charge is 2.44. The van der Waals surface area contributed by atoms with Crippen molar-refractivity contribution in [3.63, 3.8) is 0 Å². The molecule has 0 spiro atoms. The van der Waals surface area contributed by atoms with Crippen molar-refractivity contribution in [1.82, 2.24) is 4.98 Å². The lowest BCUT2D eigenvalue weighted by molar-refractivity contribution is -0.141. The smallest absolute Gasteiger partial charge is 0.329 e. The summed E-state index contributed by atoms with van der Waals surface area (Å²) in [5.41, 5.74) is 1.10. The number of hydrogen-bond donors (Lipinski definition) is 2. The van der Waals surface area contributed by atoms with Crippen LogP contribution in [0.2, 0.25) is 6.32 Å². The molecule has 168 valence electrons. The number of nitrogens with one attached hydrogen (secondary N) is 1. The summed E-state index contributed by atoms with van der Waals surface area (Å²) in [5, 5.41) is 18.7. The SMILES string of the molecule is CC(C(=O)O)C(C)(C)SC(=N)c1nc2ccc(B3CCOC(C)(C)C(C)(C)O3)cc2s1. The van der Waals surface area contributed by atoms with E-state index in [-0.39, 0.29) is 12.5 Å². The highest BCUT2D eigenvalue weighted by molar-refractivity contribution is 8.15. The van der Waals surface area contributed by atoms with Crippen molar-refractivity contribution < 1.29 is 19.3 Å². The van der Waals surface area contributed by atoms with E-state index in [0.717, 1.165) is 22.0 Å². The van der Waals surface area contributed by atoms with Gasteiger partial charge in [0.1, 0.15) is 10.1 Å².